The van der Waals surface area contributed by atoms with Crippen molar-refractivity contribution in [1.82, 2.24) is 10.2 Å². The summed E-state index contributed by atoms with van der Waals surface area (Å²) < 4.78 is 12.1. The Labute approximate surface area is 182 Å². The van der Waals surface area contributed by atoms with Crippen LogP contribution >= 0.6 is 27.7 Å². The van der Waals surface area contributed by atoms with Crippen molar-refractivity contribution in [2.45, 2.75) is 19.0 Å². The van der Waals surface area contributed by atoms with E-state index in [1.54, 1.807) is 28.8 Å². The van der Waals surface area contributed by atoms with Gasteiger partial charge in [0.15, 0.2) is 11.5 Å². The molecule has 2 unspecified atom stereocenters. The van der Waals surface area contributed by atoms with Gasteiger partial charge in [-0.15, -0.1) is 11.8 Å². The average molecular weight is 477 g/mol. The molecule has 0 aliphatic carbocycles. The first-order valence-electron chi connectivity index (χ1n) is 9.38. The van der Waals surface area contributed by atoms with Crippen LogP contribution in [-0.2, 0) is 4.79 Å². The molecule has 1 N–H and O–H groups in total. The fourth-order valence-electron chi connectivity index (χ4n) is 3.41. The molecule has 2 atom stereocenters. The van der Waals surface area contributed by atoms with Crippen molar-refractivity contribution in [3.63, 3.8) is 0 Å². The Morgan fingerprint density at radius 1 is 1.17 bits per heavy atom. The third-order valence-corrected chi connectivity index (χ3v) is 6.65. The standard InChI is InChI=1S/C21H21BrN2O4S/c1-13(15-9-18-19(10-16(15)22)28-8-7-27-18)23-20(25)17-11-29-12-24(17)21(26)14-5-3-2-4-6-14/h2-6,9-10,13,17H,7-8,11-12H2,1H3,(H,23,25). The SMILES string of the molecule is CC(NC(=O)C1CSCN1C(=O)c1ccccc1)c1cc2c(cc1Br)OCCO2. The monoisotopic (exact) mass is 476 g/mol. The maximum Gasteiger partial charge on any atom is 0.255 e. The molecule has 6 nitrogen and oxygen atoms in total. The summed E-state index contributed by atoms with van der Waals surface area (Å²) in [6, 6.07) is 12.1. The summed E-state index contributed by atoms with van der Waals surface area (Å²) in [5.74, 6) is 2.18. The van der Waals surface area contributed by atoms with Gasteiger partial charge in [0.1, 0.15) is 19.3 Å². The highest BCUT2D eigenvalue weighted by atomic mass is 79.9. The molecule has 2 amide bonds. The number of ether oxygens (including phenoxy) is 2. The zero-order chi connectivity index (χ0) is 20.4. The predicted octanol–water partition coefficient (Wildman–Crippen LogP) is 3.61. The van der Waals surface area contributed by atoms with E-state index in [2.05, 4.69) is 21.2 Å². The number of benzene rings is 2. The summed E-state index contributed by atoms with van der Waals surface area (Å²) in [5, 5.41) is 3.05. The maximum atomic E-state index is 13.0. The minimum absolute atomic E-state index is 0.121. The summed E-state index contributed by atoms with van der Waals surface area (Å²) in [4.78, 5) is 27.5. The van der Waals surface area contributed by atoms with Crippen LogP contribution in [0.3, 0.4) is 0 Å². The van der Waals surface area contributed by atoms with Crippen molar-refractivity contribution in [2.75, 3.05) is 24.8 Å². The molecule has 0 spiro atoms. The molecule has 152 valence electrons. The molecule has 4 rings (SSSR count). The van der Waals surface area contributed by atoms with Gasteiger partial charge in [0.25, 0.3) is 5.91 Å². The van der Waals surface area contributed by atoms with Gasteiger partial charge in [0, 0.05) is 15.8 Å². The van der Waals surface area contributed by atoms with Gasteiger partial charge in [-0.1, -0.05) is 34.1 Å². The molecule has 0 saturated carbocycles. The zero-order valence-corrected chi connectivity index (χ0v) is 18.3. The fraction of sp³-hybridized carbons (Fsp3) is 0.333. The van der Waals surface area contributed by atoms with Crippen LogP contribution in [0.15, 0.2) is 46.9 Å². The van der Waals surface area contributed by atoms with Crippen LogP contribution in [-0.4, -0.2) is 47.6 Å². The zero-order valence-electron chi connectivity index (χ0n) is 15.9. The molecule has 2 aliphatic rings. The van der Waals surface area contributed by atoms with Crippen LogP contribution < -0.4 is 14.8 Å². The van der Waals surface area contributed by atoms with Crippen molar-refractivity contribution in [2.24, 2.45) is 0 Å². The molecular weight excluding hydrogens is 456 g/mol. The molecule has 0 aromatic heterocycles. The number of thioether (sulfide) groups is 1. The first-order valence-corrected chi connectivity index (χ1v) is 11.3. The highest BCUT2D eigenvalue weighted by Crippen LogP contribution is 2.38. The van der Waals surface area contributed by atoms with E-state index in [9.17, 15) is 9.59 Å². The van der Waals surface area contributed by atoms with E-state index in [4.69, 9.17) is 9.47 Å². The van der Waals surface area contributed by atoms with Crippen molar-refractivity contribution in [3.05, 3.63) is 58.1 Å². The van der Waals surface area contributed by atoms with Crippen molar-refractivity contribution in [3.8, 4) is 11.5 Å². The van der Waals surface area contributed by atoms with E-state index in [0.717, 1.165) is 10.0 Å². The topological polar surface area (TPSA) is 67.9 Å². The lowest BCUT2D eigenvalue weighted by molar-refractivity contribution is -0.125. The number of hydrogen-bond acceptors (Lipinski definition) is 5. The first-order chi connectivity index (χ1) is 14.0. The highest BCUT2D eigenvalue weighted by molar-refractivity contribution is 9.10. The van der Waals surface area contributed by atoms with E-state index >= 15 is 0 Å². The molecule has 2 aromatic carbocycles. The van der Waals surface area contributed by atoms with Crippen LogP contribution in [0.5, 0.6) is 11.5 Å². The van der Waals surface area contributed by atoms with E-state index in [-0.39, 0.29) is 17.9 Å². The molecule has 1 fully saturated rings. The number of carbonyl (C=O) groups is 2. The van der Waals surface area contributed by atoms with Crippen LogP contribution in [0, 0.1) is 0 Å². The first kappa shape index (κ1) is 20.1. The van der Waals surface area contributed by atoms with E-state index in [1.807, 2.05) is 37.3 Å². The third-order valence-electron chi connectivity index (χ3n) is 4.95. The molecule has 0 radical (unpaired) electrons. The number of hydrogen-bond donors (Lipinski definition) is 1. The molecule has 8 heteroatoms. The Kier molecular flexibility index (Phi) is 6.01. The summed E-state index contributed by atoms with van der Waals surface area (Å²) in [7, 11) is 0. The summed E-state index contributed by atoms with van der Waals surface area (Å²) in [5.41, 5.74) is 1.49. The number of carbonyl (C=O) groups excluding carboxylic acids is 2. The molecule has 1 saturated heterocycles. The van der Waals surface area contributed by atoms with E-state index in [1.165, 1.54) is 0 Å². The van der Waals surface area contributed by atoms with Crippen molar-refractivity contribution < 1.29 is 19.1 Å². The minimum Gasteiger partial charge on any atom is -0.486 e. The van der Waals surface area contributed by atoms with Crippen LogP contribution in [0.1, 0.15) is 28.9 Å². The normalized spacial score (nSPS) is 19.0. The maximum absolute atomic E-state index is 13.0. The lowest BCUT2D eigenvalue weighted by Gasteiger charge is -2.26. The molecule has 2 aromatic rings. The minimum atomic E-state index is -0.494. The van der Waals surface area contributed by atoms with Crippen LogP contribution in [0.4, 0.5) is 0 Å². The number of halogens is 1. The summed E-state index contributed by atoms with van der Waals surface area (Å²) in [6.07, 6.45) is 0. The van der Waals surface area contributed by atoms with Gasteiger partial charge in [-0.3, -0.25) is 9.59 Å². The number of rotatable bonds is 4. The summed E-state index contributed by atoms with van der Waals surface area (Å²) >= 11 is 5.14. The second-order valence-corrected chi connectivity index (χ2v) is 8.76. The number of amides is 2. The van der Waals surface area contributed by atoms with Gasteiger partial charge in [0.2, 0.25) is 5.91 Å². The lowest BCUT2D eigenvalue weighted by Crippen LogP contribution is -2.47. The second-order valence-electron chi connectivity index (χ2n) is 6.90. The molecule has 29 heavy (non-hydrogen) atoms. The number of nitrogens with zero attached hydrogens (tertiary/aromatic N) is 1. The van der Waals surface area contributed by atoms with Gasteiger partial charge >= 0.3 is 0 Å². The smallest absolute Gasteiger partial charge is 0.255 e. The Morgan fingerprint density at radius 3 is 2.59 bits per heavy atom. The van der Waals surface area contributed by atoms with Gasteiger partial charge < -0.3 is 19.7 Å². The number of fused-ring (bicyclic) bond motifs is 1. The van der Waals surface area contributed by atoms with Gasteiger partial charge in [0.05, 0.1) is 11.9 Å². The van der Waals surface area contributed by atoms with Gasteiger partial charge in [-0.25, -0.2) is 0 Å². The van der Waals surface area contributed by atoms with Crippen LogP contribution in [0.2, 0.25) is 0 Å². The lowest BCUT2D eigenvalue weighted by atomic mass is 10.1. The second kappa shape index (κ2) is 8.67. The van der Waals surface area contributed by atoms with E-state index < -0.39 is 6.04 Å². The third kappa shape index (κ3) is 4.23. The molecular formula is C21H21BrN2O4S. The largest absolute Gasteiger partial charge is 0.486 e. The quantitative estimate of drug-likeness (QED) is 0.729. The predicted molar refractivity (Wildman–Crippen MR) is 115 cm³/mol. The molecule has 0 bridgehead atoms. The Morgan fingerprint density at radius 2 is 1.86 bits per heavy atom. The number of nitrogens with one attached hydrogen (secondary N) is 1. The summed E-state index contributed by atoms with van der Waals surface area (Å²) in [6.45, 7) is 2.94. The fourth-order valence-corrected chi connectivity index (χ4v) is 5.23. The van der Waals surface area contributed by atoms with Gasteiger partial charge in [-0.05, 0) is 36.8 Å². The molecule has 2 aliphatic heterocycles. The van der Waals surface area contributed by atoms with Gasteiger partial charge in [-0.2, -0.15) is 0 Å². The highest BCUT2D eigenvalue weighted by Gasteiger charge is 2.35. The van der Waals surface area contributed by atoms with E-state index in [0.29, 0.717) is 41.9 Å². The van der Waals surface area contributed by atoms with Crippen molar-refractivity contribution in [1.29, 1.82) is 0 Å². The average Bonchev–Trinajstić information content (AvgIpc) is 3.23. The van der Waals surface area contributed by atoms with Crippen LogP contribution in [0.25, 0.3) is 0 Å². The Bertz CT molecular complexity index is 924. The molecule has 2 heterocycles. The Balaban J connectivity index is 1.48. The van der Waals surface area contributed by atoms with Crippen molar-refractivity contribution >= 4 is 39.5 Å². The Hall–Kier alpha value is -2.19.